The summed E-state index contributed by atoms with van der Waals surface area (Å²) in [6.45, 7) is 2.98. The maximum atomic E-state index is 11.3. The van der Waals surface area contributed by atoms with Crippen LogP contribution in [0.2, 0.25) is 0 Å². The number of rotatable bonds is 5. The first-order valence-electron chi connectivity index (χ1n) is 6.17. The van der Waals surface area contributed by atoms with E-state index in [1.807, 2.05) is 6.07 Å². The van der Waals surface area contributed by atoms with E-state index >= 15 is 0 Å². The van der Waals surface area contributed by atoms with Gasteiger partial charge in [-0.05, 0) is 37.4 Å². The Hall–Kier alpha value is -1.29. The predicted molar refractivity (Wildman–Crippen MR) is 63.8 cm³/mol. The largest absolute Gasteiger partial charge is 0.463 e. The van der Waals surface area contributed by atoms with Gasteiger partial charge in [-0.2, -0.15) is 0 Å². The molecule has 1 heterocycles. The van der Waals surface area contributed by atoms with E-state index in [0.717, 1.165) is 12.3 Å². The molecule has 0 bridgehead atoms. The molecule has 94 valence electrons. The van der Waals surface area contributed by atoms with Crippen LogP contribution in [0.4, 0.5) is 0 Å². The molecular formula is C13H19NO3. The average Bonchev–Trinajstić information content (AvgIpc) is 2.74. The zero-order valence-corrected chi connectivity index (χ0v) is 10.4. The van der Waals surface area contributed by atoms with Gasteiger partial charge in [0.15, 0.2) is 0 Å². The molecule has 17 heavy (non-hydrogen) atoms. The van der Waals surface area contributed by atoms with Crippen molar-refractivity contribution in [3.05, 3.63) is 23.7 Å². The number of carbonyl (C=O) groups is 1. The average molecular weight is 237 g/mol. The molecule has 1 unspecified atom stereocenters. The minimum atomic E-state index is -0.417. The fourth-order valence-corrected chi connectivity index (χ4v) is 2.22. The van der Waals surface area contributed by atoms with Gasteiger partial charge in [-0.1, -0.05) is 13.3 Å². The Bertz CT molecular complexity index is 382. The molecule has 1 atom stereocenters. The Morgan fingerprint density at radius 1 is 1.59 bits per heavy atom. The number of methoxy groups -OCH3 is 1. The third kappa shape index (κ3) is 2.52. The van der Waals surface area contributed by atoms with Crippen molar-refractivity contribution in [3.8, 4) is 0 Å². The summed E-state index contributed by atoms with van der Waals surface area (Å²) < 4.78 is 10.2. The lowest BCUT2D eigenvalue weighted by atomic mass is 9.79. The predicted octanol–water partition coefficient (Wildman–Crippen LogP) is 2.52. The van der Waals surface area contributed by atoms with Crippen LogP contribution in [-0.2, 0) is 4.74 Å². The first-order valence-corrected chi connectivity index (χ1v) is 6.17. The lowest BCUT2D eigenvalue weighted by Gasteiger charge is -2.32. The summed E-state index contributed by atoms with van der Waals surface area (Å²) >= 11 is 0. The van der Waals surface area contributed by atoms with Crippen LogP contribution in [0.5, 0.6) is 0 Å². The molecule has 1 saturated carbocycles. The zero-order chi connectivity index (χ0) is 12.3. The van der Waals surface area contributed by atoms with Crippen LogP contribution < -0.4 is 5.32 Å². The topological polar surface area (TPSA) is 51.5 Å². The minimum Gasteiger partial charge on any atom is -0.463 e. The molecule has 0 aliphatic heterocycles. The molecule has 2 rings (SSSR count). The quantitative estimate of drug-likeness (QED) is 0.799. The molecule has 1 N–H and O–H groups in total. The van der Waals surface area contributed by atoms with Crippen LogP contribution in [-0.4, -0.2) is 19.6 Å². The van der Waals surface area contributed by atoms with E-state index in [0.29, 0.717) is 5.92 Å². The van der Waals surface area contributed by atoms with Crippen LogP contribution in [0.25, 0.3) is 0 Å². The number of hydrogen-bond acceptors (Lipinski definition) is 4. The summed E-state index contributed by atoms with van der Waals surface area (Å²) in [6.07, 6.45) is 3.75. The van der Waals surface area contributed by atoms with Gasteiger partial charge in [0.25, 0.3) is 0 Å². The van der Waals surface area contributed by atoms with Gasteiger partial charge >= 0.3 is 5.97 Å². The molecule has 0 radical (unpaired) electrons. The Kier molecular flexibility index (Phi) is 3.84. The van der Waals surface area contributed by atoms with E-state index in [4.69, 9.17) is 4.42 Å². The van der Waals surface area contributed by atoms with E-state index in [1.54, 1.807) is 6.07 Å². The second-order valence-electron chi connectivity index (χ2n) is 4.42. The monoisotopic (exact) mass is 237 g/mol. The summed E-state index contributed by atoms with van der Waals surface area (Å²) in [4.78, 5) is 11.3. The highest BCUT2D eigenvalue weighted by Crippen LogP contribution is 2.38. The number of hydrogen-bond donors (Lipinski definition) is 1. The van der Waals surface area contributed by atoms with Crippen molar-refractivity contribution >= 4 is 5.97 Å². The van der Waals surface area contributed by atoms with Crippen molar-refractivity contribution in [1.82, 2.24) is 5.32 Å². The normalized spacial score (nSPS) is 17.5. The third-order valence-electron chi connectivity index (χ3n) is 3.37. The van der Waals surface area contributed by atoms with Gasteiger partial charge in [0.1, 0.15) is 5.76 Å². The van der Waals surface area contributed by atoms with Crippen LogP contribution in [0, 0.1) is 5.92 Å². The zero-order valence-electron chi connectivity index (χ0n) is 10.4. The summed E-state index contributed by atoms with van der Waals surface area (Å²) in [5.41, 5.74) is 0. The SMILES string of the molecule is CCNC(c1ccc(C(=O)OC)o1)C1CCC1. The van der Waals surface area contributed by atoms with E-state index in [9.17, 15) is 4.79 Å². The maximum absolute atomic E-state index is 11.3. The van der Waals surface area contributed by atoms with E-state index < -0.39 is 5.97 Å². The molecule has 0 saturated heterocycles. The standard InChI is InChI=1S/C13H19NO3/c1-3-14-12(9-5-4-6-9)10-7-8-11(17-10)13(15)16-2/h7-9,12,14H,3-6H2,1-2H3. The van der Waals surface area contributed by atoms with E-state index in [1.165, 1.54) is 26.4 Å². The second-order valence-corrected chi connectivity index (χ2v) is 4.42. The Labute approximate surface area is 101 Å². The van der Waals surface area contributed by atoms with E-state index in [-0.39, 0.29) is 11.8 Å². The van der Waals surface area contributed by atoms with Crippen LogP contribution >= 0.6 is 0 Å². The highest BCUT2D eigenvalue weighted by Gasteiger charge is 2.30. The first kappa shape index (κ1) is 12.2. The van der Waals surface area contributed by atoms with Gasteiger partial charge in [-0.15, -0.1) is 0 Å². The smallest absolute Gasteiger partial charge is 0.373 e. The summed E-state index contributed by atoms with van der Waals surface area (Å²) in [7, 11) is 1.36. The van der Waals surface area contributed by atoms with Gasteiger partial charge in [0, 0.05) is 0 Å². The molecule has 1 aliphatic carbocycles. The molecule has 0 spiro atoms. The van der Waals surface area contributed by atoms with Crippen LogP contribution in [0.3, 0.4) is 0 Å². The number of furan rings is 1. The maximum Gasteiger partial charge on any atom is 0.373 e. The minimum absolute atomic E-state index is 0.229. The molecular weight excluding hydrogens is 218 g/mol. The highest BCUT2D eigenvalue weighted by atomic mass is 16.5. The molecule has 1 fully saturated rings. The Balaban J connectivity index is 2.12. The fourth-order valence-electron chi connectivity index (χ4n) is 2.22. The molecule has 0 aromatic carbocycles. The third-order valence-corrected chi connectivity index (χ3v) is 3.37. The summed E-state index contributed by atoms with van der Waals surface area (Å²) in [5, 5.41) is 3.43. The molecule has 1 aliphatic rings. The summed E-state index contributed by atoms with van der Waals surface area (Å²) in [5.74, 6) is 1.34. The molecule has 0 amide bonds. The lowest BCUT2D eigenvalue weighted by Crippen LogP contribution is -2.31. The highest BCUT2D eigenvalue weighted by molar-refractivity contribution is 5.86. The van der Waals surface area contributed by atoms with Crippen molar-refractivity contribution < 1.29 is 13.9 Å². The Morgan fingerprint density at radius 3 is 2.88 bits per heavy atom. The molecule has 1 aromatic heterocycles. The van der Waals surface area contributed by atoms with Crippen molar-refractivity contribution in [2.75, 3.05) is 13.7 Å². The van der Waals surface area contributed by atoms with Gasteiger partial charge in [0.05, 0.1) is 13.2 Å². The van der Waals surface area contributed by atoms with Crippen molar-refractivity contribution in [3.63, 3.8) is 0 Å². The first-order chi connectivity index (χ1) is 8.26. The van der Waals surface area contributed by atoms with Crippen LogP contribution in [0.1, 0.15) is 48.5 Å². The number of carbonyl (C=O) groups excluding carboxylic acids is 1. The molecule has 1 aromatic rings. The fraction of sp³-hybridized carbons (Fsp3) is 0.615. The number of esters is 1. The van der Waals surface area contributed by atoms with Crippen LogP contribution in [0.15, 0.2) is 16.5 Å². The second kappa shape index (κ2) is 5.36. The molecule has 4 heteroatoms. The number of nitrogens with one attached hydrogen (secondary N) is 1. The van der Waals surface area contributed by atoms with Crippen molar-refractivity contribution in [2.45, 2.75) is 32.2 Å². The lowest BCUT2D eigenvalue weighted by molar-refractivity contribution is 0.0559. The van der Waals surface area contributed by atoms with Gasteiger partial charge in [0.2, 0.25) is 5.76 Å². The summed E-state index contributed by atoms with van der Waals surface area (Å²) in [6, 6.07) is 3.79. The Morgan fingerprint density at radius 2 is 2.35 bits per heavy atom. The van der Waals surface area contributed by atoms with Gasteiger partial charge in [-0.25, -0.2) is 4.79 Å². The van der Waals surface area contributed by atoms with Crippen molar-refractivity contribution in [2.24, 2.45) is 5.92 Å². The van der Waals surface area contributed by atoms with E-state index in [2.05, 4.69) is 17.0 Å². The van der Waals surface area contributed by atoms with Gasteiger partial charge in [-0.3, -0.25) is 0 Å². The molecule has 4 nitrogen and oxygen atoms in total. The van der Waals surface area contributed by atoms with Gasteiger partial charge < -0.3 is 14.5 Å². The number of ether oxygens (including phenoxy) is 1. The van der Waals surface area contributed by atoms with Crippen molar-refractivity contribution in [1.29, 1.82) is 0 Å².